The smallest absolute Gasteiger partial charge is 0.327 e. The first-order valence-electron chi connectivity index (χ1n) is 9.75. The molecule has 2 aliphatic heterocycles. The molecule has 0 spiro atoms. The zero-order valence-corrected chi connectivity index (χ0v) is 16.8. The van der Waals surface area contributed by atoms with Crippen LogP contribution in [0.5, 0.6) is 5.75 Å². The summed E-state index contributed by atoms with van der Waals surface area (Å²) in [5.41, 5.74) is 1.31. The number of carbonyl (C=O) groups is 2. The topological polar surface area (TPSA) is 61.9 Å². The summed E-state index contributed by atoms with van der Waals surface area (Å²) >= 11 is 0. The highest BCUT2D eigenvalue weighted by atomic mass is 35.5. The van der Waals surface area contributed by atoms with Crippen LogP contribution in [0.25, 0.3) is 0 Å². The van der Waals surface area contributed by atoms with Crippen LogP contribution in [0.3, 0.4) is 0 Å². The molecule has 6 nitrogen and oxygen atoms in total. The molecule has 150 valence electrons. The van der Waals surface area contributed by atoms with Crippen molar-refractivity contribution in [3.8, 4) is 5.75 Å². The number of hydrogen-bond acceptors (Lipinski definition) is 4. The second-order valence-corrected chi connectivity index (χ2v) is 6.93. The maximum absolute atomic E-state index is 12.2. The van der Waals surface area contributed by atoms with Gasteiger partial charge in [0.05, 0.1) is 0 Å². The number of aryl methyl sites for hydroxylation is 1. The summed E-state index contributed by atoms with van der Waals surface area (Å²) in [4.78, 5) is 27.5. The van der Waals surface area contributed by atoms with Gasteiger partial charge in [-0.15, -0.1) is 12.4 Å². The van der Waals surface area contributed by atoms with Crippen LogP contribution >= 0.6 is 12.4 Å². The normalized spacial score (nSPS) is 18.6. The molecule has 1 unspecified atom stereocenters. The van der Waals surface area contributed by atoms with E-state index < -0.39 is 0 Å². The Bertz CT molecular complexity index is 601. The predicted molar refractivity (Wildman–Crippen MR) is 108 cm³/mol. The lowest BCUT2D eigenvalue weighted by Crippen LogP contribution is -2.34. The van der Waals surface area contributed by atoms with Crippen LogP contribution in [0.15, 0.2) is 24.3 Å². The van der Waals surface area contributed by atoms with Crippen molar-refractivity contribution in [1.29, 1.82) is 0 Å². The molecule has 1 N–H and O–H groups in total. The van der Waals surface area contributed by atoms with Crippen molar-refractivity contribution in [3.05, 3.63) is 29.8 Å². The Balaban J connectivity index is 0.00000261. The first-order chi connectivity index (χ1) is 12.7. The molecule has 0 aromatic heterocycles. The Kier molecular flexibility index (Phi) is 8.38. The Morgan fingerprint density at radius 2 is 1.93 bits per heavy atom. The first-order valence-corrected chi connectivity index (χ1v) is 9.75. The van der Waals surface area contributed by atoms with Crippen molar-refractivity contribution in [1.82, 2.24) is 15.1 Å². The SMILES string of the molecule is CCc1ccc(OCCNCCCCN2C(=O)C3CCCN3C2=O)cc1.Cl. The van der Waals surface area contributed by atoms with Gasteiger partial charge in [0.1, 0.15) is 18.4 Å². The van der Waals surface area contributed by atoms with Gasteiger partial charge in [0, 0.05) is 19.6 Å². The summed E-state index contributed by atoms with van der Waals surface area (Å²) in [5.74, 6) is 0.901. The molecular weight excluding hydrogens is 366 g/mol. The number of fused-ring (bicyclic) bond motifs is 1. The highest BCUT2D eigenvalue weighted by molar-refractivity contribution is 6.04. The minimum atomic E-state index is -0.177. The summed E-state index contributed by atoms with van der Waals surface area (Å²) < 4.78 is 5.70. The number of hydrogen-bond donors (Lipinski definition) is 1. The molecule has 1 atom stereocenters. The number of nitrogens with zero attached hydrogens (tertiary/aromatic N) is 2. The van der Waals surface area contributed by atoms with Crippen molar-refractivity contribution in [2.24, 2.45) is 0 Å². The minimum absolute atomic E-state index is 0. The van der Waals surface area contributed by atoms with Crippen LogP contribution in [-0.4, -0.2) is 60.6 Å². The van der Waals surface area contributed by atoms with Crippen LogP contribution in [0.2, 0.25) is 0 Å². The maximum atomic E-state index is 12.2. The average molecular weight is 396 g/mol. The molecule has 1 aromatic rings. The lowest BCUT2D eigenvalue weighted by Gasteiger charge is -2.15. The summed E-state index contributed by atoms with van der Waals surface area (Å²) in [6.07, 6.45) is 4.58. The van der Waals surface area contributed by atoms with Crippen molar-refractivity contribution in [2.75, 3.05) is 32.8 Å². The van der Waals surface area contributed by atoms with E-state index in [-0.39, 0.29) is 30.4 Å². The van der Waals surface area contributed by atoms with E-state index in [9.17, 15) is 9.59 Å². The fraction of sp³-hybridized carbons (Fsp3) is 0.600. The monoisotopic (exact) mass is 395 g/mol. The number of carbonyl (C=O) groups excluding carboxylic acids is 2. The van der Waals surface area contributed by atoms with Gasteiger partial charge in [-0.1, -0.05) is 19.1 Å². The molecule has 27 heavy (non-hydrogen) atoms. The number of rotatable bonds is 10. The van der Waals surface area contributed by atoms with E-state index in [1.165, 1.54) is 10.5 Å². The van der Waals surface area contributed by atoms with Gasteiger partial charge in [0.2, 0.25) is 0 Å². The minimum Gasteiger partial charge on any atom is -0.492 e. The number of urea groups is 1. The summed E-state index contributed by atoms with van der Waals surface area (Å²) in [6, 6.07) is 7.93. The van der Waals surface area contributed by atoms with Crippen molar-refractivity contribution >= 4 is 24.3 Å². The zero-order valence-electron chi connectivity index (χ0n) is 16.0. The molecule has 2 heterocycles. The first kappa shape index (κ1) is 21.5. The number of imide groups is 1. The van der Waals surface area contributed by atoms with Crippen LogP contribution < -0.4 is 10.1 Å². The Morgan fingerprint density at radius 3 is 2.63 bits per heavy atom. The number of nitrogens with one attached hydrogen (secondary N) is 1. The van der Waals surface area contributed by atoms with Gasteiger partial charge in [-0.2, -0.15) is 0 Å². The van der Waals surface area contributed by atoms with Crippen molar-refractivity contribution < 1.29 is 14.3 Å². The summed E-state index contributed by atoms with van der Waals surface area (Å²) in [6.45, 7) is 5.68. The maximum Gasteiger partial charge on any atom is 0.327 e. The van der Waals surface area contributed by atoms with Crippen molar-refractivity contribution in [3.63, 3.8) is 0 Å². The molecule has 3 rings (SSSR count). The third kappa shape index (κ3) is 5.36. The predicted octanol–water partition coefficient (Wildman–Crippen LogP) is 2.85. The highest BCUT2D eigenvalue weighted by Gasteiger charge is 2.46. The molecule has 1 aromatic carbocycles. The van der Waals surface area contributed by atoms with Gasteiger partial charge in [-0.3, -0.25) is 9.69 Å². The van der Waals surface area contributed by atoms with E-state index in [0.29, 0.717) is 13.2 Å². The van der Waals surface area contributed by atoms with Crippen LogP contribution in [0, 0.1) is 0 Å². The number of halogens is 1. The molecule has 2 saturated heterocycles. The van der Waals surface area contributed by atoms with Gasteiger partial charge >= 0.3 is 6.03 Å². The fourth-order valence-corrected chi connectivity index (χ4v) is 3.59. The molecular formula is C20H30ClN3O3. The number of unbranched alkanes of at least 4 members (excludes halogenated alkanes) is 1. The third-order valence-electron chi connectivity index (χ3n) is 5.14. The zero-order chi connectivity index (χ0) is 18.4. The Morgan fingerprint density at radius 1 is 1.15 bits per heavy atom. The average Bonchev–Trinajstić information content (AvgIpc) is 3.23. The van der Waals surface area contributed by atoms with E-state index in [1.807, 2.05) is 12.1 Å². The number of benzene rings is 1. The molecule has 0 radical (unpaired) electrons. The summed E-state index contributed by atoms with van der Waals surface area (Å²) in [7, 11) is 0. The quantitative estimate of drug-likeness (QED) is 0.488. The van der Waals surface area contributed by atoms with Crippen LogP contribution in [0.4, 0.5) is 4.79 Å². The summed E-state index contributed by atoms with van der Waals surface area (Å²) in [5, 5.41) is 3.34. The van der Waals surface area contributed by atoms with Gasteiger partial charge in [-0.25, -0.2) is 4.79 Å². The molecule has 0 bridgehead atoms. The largest absolute Gasteiger partial charge is 0.492 e. The van der Waals surface area contributed by atoms with E-state index in [0.717, 1.165) is 57.5 Å². The van der Waals surface area contributed by atoms with Gasteiger partial charge in [-0.05, 0) is 56.3 Å². The van der Waals surface area contributed by atoms with Gasteiger partial charge < -0.3 is 15.0 Å². The molecule has 2 aliphatic rings. The van der Waals surface area contributed by atoms with Crippen LogP contribution in [-0.2, 0) is 11.2 Å². The number of amides is 3. The van der Waals surface area contributed by atoms with E-state index >= 15 is 0 Å². The molecule has 0 aliphatic carbocycles. The second-order valence-electron chi connectivity index (χ2n) is 6.93. The van der Waals surface area contributed by atoms with Crippen molar-refractivity contribution in [2.45, 2.75) is 45.1 Å². The lowest BCUT2D eigenvalue weighted by atomic mass is 10.2. The third-order valence-corrected chi connectivity index (χ3v) is 5.14. The van der Waals surface area contributed by atoms with Crippen LogP contribution in [0.1, 0.15) is 38.2 Å². The Hall–Kier alpha value is -1.79. The van der Waals surface area contributed by atoms with Gasteiger partial charge in [0.25, 0.3) is 5.91 Å². The molecule has 3 amide bonds. The lowest BCUT2D eigenvalue weighted by molar-refractivity contribution is -0.128. The molecule has 0 saturated carbocycles. The Labute approximate surface area is 167 Å². The standard InChI is InChI=1S/C20H29N3O3.ClH/c1-2-16-7-9-17(10-8-16)26-15-12-21-11-3-4-13-23-19(24)18-6-5-14-22(18)20(23)25;/h7-10,18,21H,2-6,11-15H2,1H3;1H. The van der Waals surface area contributed by atoms with E-state index in [2.05, 4.69) is 24.4 Å². The number of ether oxygens (including phenoxy) is 1. The van der Waals surface area contributed by atoms with E-state index in [4.69, 9.17) is 4.74 Å². The van der Waals surface area contributed by atoms with Gasteiger partial charge in [0.15, 0.2) is 0 Å². The fourth-order valence-electron chi connectivity index (χ4n) is 3.59. The van der Waals surface area contributed by atoms with E-state index in [1.54, 1.807) is 4.90 Å². The molecule has 7 heteroatoms. The highest BCUT2D eigenvalue weighted by Crippen LogP contribution is 2.27. The molecule has 2 fully saturated rings. The second kappa shape index (κ2) is 10.5.